The molecule has 2 heterocycles. The van der Waals surface area contributed by atoms with Gasteiger partial charge in [-0.15, -0.1) is 0 Å². The van der Waals surface area contributed by atoms with Crippen LogP contribution in [0.4, 0.5) is 11.6 Å². The Bertz CT molecular complexity index is 785. The molecular weight excluding hydrogens is 302 g/mol. The van der Waals surface area contributed by atoms with Crippen LogP contribution in [0.2, 0.25) is 5.28 Å². The average Bonchev–Trinajstić information content (AvgIpc) is 2.89. The number of hydrogen-bond donors (Lipinski definition) is 3. The number of halogens is 1. The highest BCUT2D eigenvalue weighted by molar-refractivity contribution is 6.28. The number of hydrogen-bond acceptors (Lipinski definition) is 5. The van der Waals surface area contributed by atoms with Crippen molar-refractivity contribution in [1.82, 2.24) is 20.2 Å². The summed E-state index contributed by atoms with van der Waals surface area (Å²) >= 11 is 5.77. The van der Waals surface area contributed by atoms with Crippen LogP contribution in [-0.4, -0.2) is 25.3 Å². The topological polar surface area (TPSA) is 86.7 Å². The third-order valence-electron chi connectivity index (χ3n) is 3.31. The molecule has 3 rings (SSSR count). The number of benzene rings is 1. The maximum Gasteiger partial charge on any atom is 0.224 e. The summed E-state index contributed by atoms with van der Waals surface area (Å²) in [7, 11) is 0. The number of nitrogens with one attached hydrogen (secondary N) is 2. The van der Waals surface area contributed by atoms with Crippen LogP contribution in [0.3, 0.4) is 0 Å². The summed E-state index contributed by atoms with van der Waals surface area (Å²) in [4.78, 5) is 7.91. The van der Waals surface area contributed by atoms with Crippen LogP contribution in [0, 0.1) is 6.92 Å². The zero-order chi connectivity index (χ0) is 15.5. The van der Waals surface area contributed by atoms with Crippen molar-refractivity contribution in [2.45, 2.75) is 13.5 Å². The largest absolute Gasteiger partial charge is 0.392 e. The molecule has 0 unspecified atom stereocenters. The second-order valence-electron chi connectivity index (χ2n) is 4.76. The van der Waals surface area contributed by atoms with Gasteiger partial charge in [-0.1, -0.05) is 24.3 Å². The molecule has 7 heteroatoms. The molecule has 6 nitrogen and oxygen atoms in total. The van der Waals surface area contributed by atoms with Crippen molar-refractivity contribution >= 4 is 23.2 Å². The minimum atomic E-state index is 0.0313. The SMILES string of the molecule is Cc1c(Nc2ccnc(Cl)n2)n[nH]c1-c1ccc(CO)cc1. The van der Waals surface area contributed by atoms with E-state index in [-0.39, 0.29) is 11.9 Å². The summed E-state index contributed by atoms with van der Waals surface area (Å²) in [6.45, 7) is 1.99. The number of aromatic amines is 1. The maximum atomic E-state index is 9.09. The number of anilines is 2. The van der Waals surface area contributed by atoms with Gasteiger partial charge in [0.05, 0.1) is 12.3 Å². The molecule has 0 atom stereocenters. The molecule has 22 heavy (non-hydrogen) atoms. The number of H-pyrrole nitrogens is 1. The van der Waals surface area contributed by atoms with Crippen molar-refractivity contribution in [2.75, 3.05) is 5.32 Å². The molecule has 0 saturated carbocycles. The molecule has 112 valence electrons. The first-order chi connectivity index (χ1) is 10.7. The van der Waals surface area contributed by atoms with E-state index in [1.807, 2.05) is 31.2 Å². The minimum Gasteiger partial charge on any atom is -0.392 e. The predicted octanol–water partition coefficient (Wildman–Crippen LogP) is 3.06. The van der Waals surface area contributed by atoms with E-state index < -0.39 is 0 Å². The Kier molecular flexibility index (Phi) is 4.04. The molecule has 0 fully saturated rings. The normalized spacial score (nSPS) is 10.7. The Hall–Kier alpha value is -2.44. The number of rotatable bonds is 4. The number of nitrogens with zero attached hydrogens (tertiary/aromatic N) is 3. The fraction of sp³-hybridized carbons (Fsp3) is 0.133. The van der Waals surface area contributed by atoms with Gasteiger partial charge in [0.25, 0.3) is 0 Å². The van der Waals surface area contributed by atoms with Crippen LogP contribution in [0.15, 0.2) is 36.5 Å². The van der Waals surface area contributed by atoms with Gasteiger partial charge < -0.3 is 10.4 Å². The van der Waals surface area contributed by atoms with Crippen LogP contribution < -0.4 is 5.32 Å². The van der Waals surface area contributed by atoms with Crippen molar-refractivity contribution in [2.24, 2.45) is 0 Å². The first kappa shape index (κ1) is 14.5. The lowest BCUT2D eigenvalue weighted by Gasteiger charge is -2.04. The van der Waals surface area contributed by atoms with Crippen LogP contribution >= 0.6 is 11.6 Å². The quantitative estimate of drug-likeness (QED) is 0.644. The fourth-order valence-electron chi connectivity index (χ4n) is 2.10. The van der Waals surface area contributed by atoms with E-state index in [0.29, 0.717) is 11.6 Å². The molecule has 2 aromatic heterocycles. The molecule has 1 aromatic carbocycles. The lowest BCUT2D eigenvalue weighted by Crippen LogP contribution is -1.96. The Morgan fingerprint density at radius 3 is 2.68 bits per heavy atom. The Morgan fingerprint density at radius 2 is 2.00 bits per heavy atom. The Labute approximate surface area is 132 Å². The molecular formula is C15H14ClN5O. The van der Waals surface area contributed by atoms with Gasteiger partial charge in [0, 0.05) is 11.8 Å². The van der Waals surface area contributed by atoms with Crippen molar-refractivity contribution in [3.8, 4) is 11.3 Å². The maximum absolute atomic E-state index is 9.09. The lowest BCUT2D eigenvalue weighted by atomic mass is 10.1. The molecule has 0 spiro atoms. The van der Waals surface area contributed by atoms with E-state index in [0.717, 1.165) is 22.4 Å². The summed E-state index contributed by atoms with van der Waals surface area (Å²) in [6, 6.07) is 9.37. The van der Waals surface area contributed by atoms with Gasteiger partial charge in [-0.3, -0.25) is 5.10 Å². The minimum absolute atomic E-state index is 0.0313. The van der Waals surface area contributed by atoms with Gasteiger partial charge in [-0.05, 0) is 35.7 Å². The van der Waals surface area contributed by atoms with E-state index >= 15 is 0 Å². The molecule has 0 aliphatic carbocycles. The molecule has 0 bridgehead atoms. The molecule has 3 N–H and O–H groups in total. The van der Waals surface area contributed by atoms with E-state index in [1.165, 1.54) is 0 Å². The van der Waals surface area contributed by atoms with Crippen LogP contribution in [0.1, 0.15) is 11.1 Å². The van der Waals surface area contributed by atoms with Gasteiger partial charge >= 0.3 is 0 Å². The number of aliphatic hydroxyl groups is 1. The van der Waals surface area contributed by atoms with Gasteiger partial charge in [-0.2, -0.15) is 5.10 Å². The molecule has 3 aromatic rings. The van der Waals surface area contributed by atoms with E-state index in [4.69, 9.17) is 16.7 Å². The molecule has 0 aliphatic rings. The molecule has 0 aliphatic heterocycles. The highest BCUT2D eigenvalue weighted by atomic mass is 35.5. The summed E-state index contributed by atoms with van der Waals surface area (Å²) in [6.07, 6.45) is 1.58. The van der Waals surface area contributed by atoms with Crippen molar-refractivity contribution in [3.05, 3.63) is 52.9 Å². The Morgan fingerprint density at radius 1 is 1.23 bits per heavy atom. The standard InChI is InChI=1S/C15H14ClN5O/c1-9-13(11-4-2-10(8-22)3-5-11)20-21-14(9)18-12-6-7-17-15(16)19-12/h2-7,22H,8H2,1H3,(H2,17,18,19,20,21). The zero-order valence-corrected chi connectivity index (χ0v) is 12.6. The molecule has 0 radical (unpaired) electrons. The van der Waals surface area contributed by atoms with E-state index in [1.54, 1.807) is 12.3 Å². The van der Waals surface area contributed by atoms with Crippen LogP contribution in [0.5, 0.6) is 0 Å². The van der Waals surface area contributed by atoms with Crippen LogP contribution in [0.25, 0.3) is 11.3 Å². The third kappa shape index (κ3) is 2.93. The highest BCUT2D eigenvalue weighted by Gasteiger charge is 2.11. The second kappa shape index (κ2) is 6.13. The smallest absolute Gasteiger partial charge is 0.224 e. The monoisotopic (exact) mass is 315 g/mol. The molecule has 0 amide bonds. The first-order valence-corrected chi connectivity index (χ1v) is 7.06. The fourth-order valence-corrected chi connectivity index (χ4v) is 2.25. The number of aliphatic hydroxyl groups excluding tert-OH is 1. The van der Waals surface area contributed by atoms with E-state index in [2.05, 4.69) is 25.5 Å². The van der Waals surface area contributed by atoms with Crippen molar-refractivity contribution in [3.63, 3.8) is 0 Å². The predicted molar refractivity (Wildman–Crippen MR) is 85.0 cm³/mol. The molecule has 0 saturated heterocycles. The summed E-state index contributed by atoms with van der Waals surface area (Å²) in [5.41, 5.74) is 3.74. The van der Waals surface area contributed by atoms with Gasteiger partial charge in [0.2, 0.25) is 5.28 Å². The second-order valence-corrected chi connectivity index (χ2v) is 5.10. The first-order valence-electron chi connectivity index (χ1n) is 6.68. The van der Waals surface area contributed by atoms with Crippen molar-refractivity contribution < 1.29 is 5.11 Å². The van der Waals surface area contributed by atoms with Gasteiger partial charge in [-0.25, -0.2) is 9.97 Å². The summed E-state index contributed by atoms with van der Waals surface area (Å²) in [5.74, 6) is 1.26. The third-order valence-corrected chi connectivity index (χ3v) is 3.49. The van der Waals surface area contributed by atoms with Gasteiger partial charge in [0.1, 0.15) is 5.82 Å². The summed E-state index contributed by atoms with van der Waals surface area (Å²) < 4.78 is 0. The van der Waals surface area contributed by atoms with Crippen molar-refractivity contribution in [1.29, 1.82) is 0 Å². The number of aromatic nitrogens is 4. The average molecular weight is 316 g/mol. The highest BCUT2D eigenvalue weighted by Crippen LogP contribution is 2.27. The summed E-state index contributed by atoms with van der Waals surface area (Å²) in [5, 5.41) is 19.7. The van der Waals surface area contributed by atoms with E-state index in [9.17, 15) is 0 Å². The lowest BCUT2D eigenvalue weighted by molar-refractivity contribution is 0.282. The zero-order valence-electron chi connectivity index (χ0n) is 11.8. The van der Waals surface area contributed by atoms with Crippen LogP contribution in [-0.2, 0) is 6.61 Å². The van der Waals surface area contributed by atoms with Gasteiger partial charge in [0.15, 0.2) is 5.82 Å². The Balaban J connectivity index is 1.88.